The summed E-state index contributed by atoms with van der Waals surface area (Å²) in [5.74, 6) is 0.449. The molecule has 0 atom stereocenters. The predicted molar refractivity (Wildman–Crippen MR) is 59.4 cm³/mol. The minimum Gasteiger partial charge on any atom is -0.462 e. The van der Waals surface area contributed by atoms with Crippen molar-refractivity contribution in [3.05, 3.63) is 21.4 Å². The van der Waals surface area contributed by atoms with Gasteiger partial charge in [-0.25, -0.2) is 4.79 Å². The third kappa shape index (κ3) is 2.62. The highest BCUT2D eigenvalue weighted by atomic mass is 35.5. The van der Waals surface area contributed by atoms with E-state index in [1.54, 1.807) is 13.0 Å². The average molecular weight is 253 g/mol. The molecule has 0 radical (unpaired) electrons. The van der Waals surface area contributed by atoms with Crippen LogP contribution < -0.4 is 0 Å². The highest BCUT2D eigenvalue weighted by molar-refractivity contribution is 7.14. The second kappa shape index (κ2) is 5.59. The summed E-state index contributed by atoms with van der Waals surface area (Å²) in [6.07, 6.45) is 0. The van der Waals surface area contributed by atoms with Crippen LogP contribution in [0.3, 0.4) is 0 Å². The van der Waals surface area contributed by atoms with Gasteiger partial charge in [0.05, 0.1) is 12.5 Å². The molecule has 0 aliphatic rings. The molecule has 0 spiro atoms. The lowest BCUT2D eigenvalue weighted by Gasteiger charge is -1.96. The van der Waals surface area contributed by atoms with Gasteiger partial charge in [-0.15, -0.1) is 34.5 Å². The Labute approximate surface area is 96.8 Å². The first-order valence-electron chi connectivity index (χ1n) is 4.13. The fraction of sp³-hybridized carbons (Fsp3) is 0.444. The van der Waals surface area contributed by atoms with Crippen molar-refractivity contribution in [2.75, 3.05) is 6.61 Å². The Hall–Kier alpha value is -0.250. The zero-order chi connectivity index (χ0) is 10.6. The number of rotatable bonds is 4. The van der Waals surface area contributed by atoms with Gasteiger partial charge in [0, 0.05) is 10.8 Å². The number of hydrogen-bond donors (Lipinski definition) is 0. The fourth-order valence-corrected chi connectivity index (χ4v) is 2.57. The summed E-state index contributed by atoms with van der Waals surface area (Å²) in [7, 11) is 0. The molecule has 0 aromatic carbocycles. The van der Waals surface area contributed by atoms with Gasteiger partial charge >= 0.3 is 5.97 Å². The molecule has 78 valence electrons. The molecule has 1 aromatic rings. The molecule has 0 saturated heterocycles. The van der Waals surface area contributed by atoms with Crippen molar-refractivity contribution in [2.45, 2.75) is 18.7 Å². The summed E-state index contributed by atoms with van der Waals surface area (Å²) in [5, 5.41) is 0. The predicted octanol–water partition coefficient (Wildman–Crippen LogP) is 3.40. The smallest absolute Gasteiger partial charge is 0.348 e. The van der Waals surface area contributed by atoms with Crippen molar-refractivity contribution in [3.8, 4) is 0 Å². The zero-order valence-electron chi connectivity index (χ0n) is 7.68. The van der Waals surface area contributed by atoms with Gasteiger partial charge in [-0.05, 0) is 18.6 Å². The van der Waals surface area contributed by atoms with Crippen LogP contribution in [0, 0.1) is 0 Å². The summed E-state index contributed by atoms with van der Waals surface area (Å²) in [4.78, 5) is 12.8. The molecule has 0 amide bonds. The normalized spacial score (nSPS) is 10.2. The Kier molecular flexibility index (Phi) is 4.72. The number of hydrogen-bond acceptors (Lipinski definition) is 3. The van der Waals surface area contributed by atoms with E-state index >= 15 is 0 Å². The molecule has 0 unspecified atom stereocenters. The third-order valence-corrected chi connectivity index (χ3v) is 3.51. The maximum absolute atomic E-state index is 11.3. The fourth-order valence-electron chi connectivity index (χ4n) is 0.995. The van der Waals surface area contributed by atoms with Gasteiger partial charge in [0.15, 0.2) is 0 Å². The van der Waals surface area contributed by atoms with Gasteiger partial charge < -0.3 is 4.74 Å². The van der Waals surface area contributed by atoms with Crippen LogP contribution in [-0.2, 0) is 16.5 Å². The number of ether oxygens (including phenoxy) is 1. The van der Waals surface area contributed by atoms with Gasteiger partial charge in [0.25, 0.3) is 0 Å². The van der Waals surface area contributed by atoms with Gasteiger partial charge in [-0.3, -0.25) is 0 Å². The van der Waals surface area contributed by atoms with Crippen LogP contribution in [0.4, 0.5) is 0 Å². The Morgan fingerprint density at radius 2 is 2.21 bits per heavy atom. The molecule has 1 rings (SSSR count). The highest BCUT2D eigenvalue weighted by Gasteiger charge is 2.14. The minimum absolute atomic E-state index is 0.305. The van der Waals surface area contributed by atoms with Gasteiger partial charge in [-0.2, -0.15) is 0 Å². The number of alkyl halides is 2. The van der Waals surface area contributed by atoms with E-state index in [1.807, 2.05) is 0 Å². The Morgan fingerprint density at radius 1 is 1.50 bits per heavy atom. The Balaban J connectivity index is 2.88. The zero-order valence-corrected chi connectivity index (χ0v) is 10.0. The topological polar surface area (TPSA) is 26.3 Å². The first-order valence-corrected chi connectivity index (χ1v) is 6.02. The average Bonchev–Trinajstić information content (AvgIpc) is 2.61. The lowest BCUT2D eigenvalue weighted by atomic mass is 10.3. The molecular formula is C9H10Cl2O2S. The Morgan fingerprint density at radius 3 is 2.64 bits per heavy atom. The van der Waals surface area contributed by atoms with Crippen LogP contribution in [0.5, 0.6) is 0 Å². The monoisotopic (exact) mass is 252 g/mol. The molecule has 0 N–H and O–H groups in total. The van der Waals surface area contributed by atoms with Crippen LogP contribution >= 0.6 is 34.5 Å². The van der Waals surface area contributed by atoms with Crippen LogP contribution in [-0.4, -0.2) is 12.6 Å². The number of halogens is 2. The summed E-state index contributed by atoms with van der Waals surface area (Å²) in [6.45, 7) is 2.15. The van der Waals surface area contributed by atoms with Crippen molar-refractivity contribution in [1.29, 1.82) is 0 Å². The maximum Gasteiger partial charge on any atom is 0.348 e. The number of thiophene rings is 1. The van der Waals surface area contributed by atoms with Gasteiger partial charge in [0.1, 0.15) is 4.88 Å². The molecule has 0 aliphatic carbocycles. The molecule has 0 bridgehead atoms. The second-order valence-electron chi connectivity index (χ2n) is 2.55. The van der Waals surface area contributed by atoms with Crippen molar-refractivity contribution in [2.24, 2.45) is 0 Å². The summed E-state index contributed by atoms with van der Waals surface area (Å²) in [6, 6.07) is 1.74. The molecule has 2 nitrogen and oxygen atoms in total. The Bertz CT molecular complexity index is 301. The summed E-state index contributed by atoms with van der Waals surface area (Å²) in [5.41, 5.74) is 0.912. The molecule has 0 aliphatic heterocycles. The van der Waals surface area contributed by atoms with E-state index in [4.69, 9.17) is 27.9 Å². The van der Waals surface area contributed by atoms with E-state index in [0.717, 1.165) is 10.4 Å². The highest BCUT2D eigenvalue weighted by Crippen LogP contribution is 2.26. The molecule has 1 heterocycles. The first kappa shape index (κ1) is 11.8. The van der Waals surface area contributed by atoms with E-state index in [-0.39, 0.29) is 5.97 Å². The van der Waals surface area contributed by atoms with E-state index < -0.39 is 0 Å². The van der Waals surface area contributed by atoms with Crippen LogP contribution in [0.25, 0.3) is 0 Å². The molecule has 0 fully saturated rings. The molecule has 14 heavy (non-hydrogen) atoms. The number of carbonyl (C=O) groups excluding carboxylic acids is 1. The van der Waals surface area contributed by atoms with E-state index in [2.05, 4.69) is 0 Å². The van der Waals surface area contributed by atoms with Crippen molar-refractivity contribution in [3.63, 3.8) is 0 Å². The standard InChI is InChI=1S/C9H10Cl2O2S/c1-2-13-9(12)7-3-6(4-10)8(5-11)14-7/h3H,2,4-5H2,1H3. The quantitative estimate of drug-likeness (QED) is 0.607. The van der Waals surface area contributed by atoms with E-state index in [9.17, 15) is 4.79 Å². The molecule has 0 saturated carbocycles. The number of esters is 1. The third-order valence-electron chi connectivity index (χ3n) is 1.64. The summed E-state index contributed by atoms with van der Waals surface area (Å²) < 4.78 is 4.87. The maximum atomic E-state index is 11.3. The molecule has 1 aromatic heterocycles. The van der Waals surface area contributed by atoms with E-state index in [1.165, 1.54) is 11.3 Å². The number of carbonyl (C=O) groups is 1. The lowest BCUT2D eigenvalue weighted by Crippen LogP contribution is -2.01. The molecule has 5 heteroatoms. The van der Waals surface area contributed by atoms with Crippen LogP contribution in [0.1, 0.15) is 27.0 Å². The van der Waals surface area contributed by atoms with Crippen LogP contribution in [0.15, 0.2) is 6.07 Å². The van der Waals surface area contributed by atoms with Crippen molar-refractivity contribution < 1.29 is 9.53 Å². The summed E-state index contributed by atoms with van der Waals surface area (Å²) >= 11 is 12.7. The van der Waals surface area contributed by atoms with Gasteiger partial charge in [-0.1, -0.05) is 0 Å². The van der Waals surface area contributed by atoms with Crippen molar-refractivity contribution >= 4 is 40.5 Å². The van der Waals surface area contributed by atoms with Crippen molar-refractivity contribution in [1.82, 2.24) is 0 Å². The largest absolute Gasteiger partial charge is 0.462 e. The van der Waals surface area contributed by atoms with Crippen LogP contribution in [0.2, 0.25) is 0 Å². The second-order valence-corrected chi connectivity index (χ2v) is 4.22. The lowest BCUT2D eigenvalue weighted by molar-refractivity contribution is 0.0532. The SMILES string of the molecule is CCOC(=O)c1cc(CCl)c(CCl)s1. The first-order chi connectivity index (χ1) is 6.72. The van der Waals surface area contributed by atoms with E-state index in [0.29, 0.717) is 23.2 Å². The van der Waals surface area contributed by atoms with Gasteiger partial charge in [0.2, 0.25) is 0 Å². The minimum atomic E-state index is -0.305. The molecular weight excluding hydrogens is 243 g/mol.